The standard InChI is InChI=1S/C21H30O3S/c1-12(22)25-13-6-8-20(2)16-7-9-21(3)15(4-5-19(21)24)14(16)11-18(23)17(20)10-13/h13-17H,4-11H2,1-3H3/t13-,14+,15+,16+,17?,20-,21+/m1/s1. The van der Waals surface area contributed by atoms with E-state index in [2.05, 4.69) is 13.8 Å². The summed E-state index contributed by atoms with van der Waals surface area (Å²) in [6.45, 7) is 6.15. The first-order valence-electron chi connectivity index (χ1n) is 9.99. The van der Waals surface area contributed by atoms with E-state index in [1.807, 2.05) is 0 Å². The average molecular weight is 363 g/mol. The summed E-state index contributed by atoms with van der Waals surface area (Å²) in [6, 6.07) is 0. The number of hydrogen-bond donors (Lipinski definition) is 0. The Hall–Kier alpha value is -0.640. The van der Waals surface area contributed by atoms with Gasteiger partial charge < -0.3 is 0 Å². The quantitative estimate of drug-likeness (QED) is 0.692. The molecule has 0 heterocycles. The maximum Gasteiger partial charge on any atom is 0.186 e. The number of carbonyl (C=O) groups is 3. The van der Waals surface area contributed by atoms with Crippen LogP contribution in [-0.4, -0.2) is 21.9 Å². The van der Waals surface area contributed by atoms with Crippen LogP contribution in [0.3, 0.4) is 0 Å². The first-order chi connectivity index (χ1) is 11.8. The van der Waals surface area contributed by atoms with E-state index in [1.165, 1.54) is 11.8 Å². The molecule has 4 saturated carbocycles. The molecule has 0 aromatic carbocycles. The van der Waals surface area contributed by atoms with Gasteiger partial charge in [-0.2, -0.15) is 0 Å². The summed E-state index contributed by atoms with van der Waals surface area (Å²) in [7, 11) is 0. The number of Topliss-reactive ketones (excluding diaryl/α,β-unsaturated/α-hetero) is 2. The van der Waals surface area contributed by atoms with Gasteiger partial charge in [-0.15, -0.1) is 0 Å². The second-order valence-electron chi connectivity index (χ2n) is 9.53. The summed E-state index contributed by atoms with van der Waals surface area (Å²) < 4.78 is 0. The molecule has 7 atom stereocenters. The van der Waals surface area contributed by atoms with Crippen molar-refractivity contribution in [2.75, 3.05) is 0 Å². The molecule has 0 spiro atoms. The minimum Gasteiger partial charge on any atom is -0.299 e. The van der Waals surface area contributed by atoms with Crippen molar-refractivity contribution in [1.29, 1.82) is 0 Å². The second-order valence-corrected chi connectivity index (χ2v) is 11.0. The van der Waals surface area contributed by atoms with Crippen molar-refractivity contribution in [2.24, 2.45) is 34.5 Å². The zero-order valence-corrected chi connectivity index (χ0v) is 16.5. The van der Waals surface area contributed by atoms with Crippen LogP contribution in [0.25, 0.3) is 0 Å². The Morgan fingerprint density at radius 3 is 2.56 bits per heavy atom. The summed E-state index contributed by atoms with van der Waals surface area (Å²) in [4.78, 5) is 37.1. The molecule has 0 saturated heterocycles. The lowest BCUT2D eigenvalue weighted by Crippen LogP contribution is -2.56. The van der Waals surface area contributed by atoms with E-state index in [0.717, 1.165) is 44.9 Å². The zero-order chi connectivity index (χ0) is 18.0. The first-order valence-corrected chi connectivity index (χ1v) is 10.9. The first kappa shape index (κ1) is 17.8. The van der Waals surface area contributed by atoms with Crippen molar-refractivity contribution in [3.05, 3.63) is 0 Å². The van der Waals surface area contributed by atoms with Crippen LogP contribution in [0.15, 0.2) is 0 Å². The zero-order valence-electron chi connectivity index (χ0n) is 15.7. The van der Waals surface area contributed by atoms with Crippen LogP contribution in [-0.2, 0) is 14.4 Å². The molecule has 138 valence electrons. The molecule has 4 heteroatoms. The highest BCUT2D eigenvalue weighted by atomic mass is 32.2. The van der Waals surface area contributed by atoms with Gasteiger partial charge in [0.1, 0.15) is 11.6 Å². The third-order valence-corrected chi connectivity index (χ3v) is 9.54. The van der Waals surface area contributed by atoms with Crippen LogP contribution >= 0.6 is 11.8 Å². The van der Waals surface area contributed by atoms with Gasteiger partial charge >= 0.3 is 0 Å². The Kier molecular flexibility index (Phi) is 4.22. The molecule has 0 aliphatic heterocycles. The topological polar surface area (TPSA) is 51.2 Å². The molecule has 4 aliphatic rings. The molecule has 4 rings (SSSR count). The highest BCUT2D eigenvalue weighted by Gasteiger charge is 2.62. The number of fused-ring (bicyclic) bond motifs is 5. The van der Waals surface area contributed by atoms with Gasteiger partial charge in [0.2, 0.25) is 0 Å². The maximum atomic E-state index is 13.1. The minimum atomic E-state index is -0.160. The molecule has 4 fully saturated rings. The van der Waals surface area contributed by atoms with Crippen molar-refractivity contribution < 1.29 is 14.4 Å². The van der Waals surface area contributed by atoms with Crippen LogP contribution in [0.4, 0.5) is 0 Å². The van der Waals surface area contributed by atoms with Crippen LogP contribution in [0.1, 0.15) is 72.1 Å². The third kappa shape index (κ3) is 2.57. The predicted molar refractivity (Wildman–Crippen MR) is 99.2 cm³/mol. The lowest BCUT2D eigenvalue weighted by molar-refractivity contribution is -0.155. The predicted octanol–water partition coefficient (Wildman–Crippen LogP) is 4.43. The normalized spacial score (nSPS) is 49.3. The van der Waals surface area contributed by atoms with Crippen molar-refractivity contribution in [2.45, 2.75) is 77.4 Å². The summed E-state index contributed by atoms with van der Waals surface area (Å²) in [5.74, 6) is 2.41. The fourth-order valence-corrected chi connectivity index (χ4v) is 8.11. The van der Waals surface area contributed by atoms with E-state index in [1.54, 1.807) is 6.92 Å². The van der Waals surface area contributed by atoms with Crippen LogP contribution in [0, 0.1) is 34.5 Å². The van der Waals surface area contributed by atoms with Crippen LogP contribution in [0.2, 0.25) is 0 Å². The van der Waals surface area contributed by atoms with Gasteiger partial charge in [0.15, 0.2) is 5.12 Å². The monoisotopic (exact) mass is 362 g/mol. The summed E-state index contributed by atoms with van der Waals surface area (Å²) in [6.07, 6.45) is 7.50. The van der Waals surface area contributed by atoms with Gasteiger partial charge in [-0.25, -0.2) is 0 Å². The SMILES string of the molecule is CC(=O)S[C@@H]1CC[C@@]2(C)C(C1)C(=O)C[C@@H]1[C@@H]2CC[C@]2(C)C(=O)CC[C@@H]12. The van der Waals surface area contributed by atoms with Crippen molar-refractivity contribution in [1.82, 2.24) is 0 Å². The molecule has 0 radical (unpaired) electrons. The Morgan fingerprint density at radius 1 is 1.08 bits per heavy atom. The molecular formula is C21H30O3S. The summed E-state index contributed by atoms with van der Waals surface area (Å²) >= 11 is 1.44. The molecule has 1 unspecified atom stereocenters. The Morgan fingerprint density at radius 2 is 1.84 bits per heavy atom. The van der Waals surface area contributed by atoms with Gasteiger partial charge in [0.25, 0.3) is 0 Å². The summed E-state index contributed by atoms with van der Waals surface area (Å²) in [5.41, 5.74) is -0.0762. The van der Waals surface area contributed by atoms with E-state index in [0.29, 0.717) is 41.0 Å². The fraction of sp³-hybridized carbons (Fsp3) is 0.857. The van der Waals surface area contributed by atoms with E-state index < -0.39 is 0 Å². The summed E-state index contributed by atoms with van der Waals surface area (Å²) in [5, 5.41) is 0.491. The number of ketones is 2. The maximum absolute atomic E-state index is 13.1. The fourth-order valence-electron chi connectivity index (χ4n) is 7.12. The molecular weight excluding hydrogens is 332 g/mol. The van der Waals surface area contributed by atoms with Crippen molar-refractivity contribution >= 4 is 28.4 Å². The van der Waals surface area contributed by atoms with E-state index >= 15 is 0 Å². The number of rotatable bonds is 1. The van der Waals surface area contributed by atoms with Crippen molar-refractivity contribution in [3.8, 4) is 0 Å². The number of hydrogen-bond acceptors (Lipinski definition) is 4. The third-order valence-electron chi connectivity index (χ3n) is 8.45. The van der Waals surface area contributed by atoms with Gasteiger partial charge in [0, 0.05) is 36.3 Å². The van der Waals surface area contributed by atoms with E-state index in [-0.39, 0.29) is 21.9 Å². The lowest BCUT2D eigenvalue weighted by Gasteiger charge is -2.59. The van der Waals surface area contributed by atoms with Crippen LogP contribution in [0.5, 0.6) is 0 Å². The molecule has 25 heavy (non-hydrogen) atoms. The second kappa shape index (κ2) is 5.94. The van der Waals surface area contributed by atoms with Gasteiger partial charge in [0.05, 0.1) is 0 Å². The van der Waals surface area contributed by atoms with E-state index in [4.69, 9.17) is 0 Å². The largest absolute Gasteiger partial charge is 0.299 e. The molecule has 3 nitrogen and oxygen atoms in total. The molecule has 0 aromatic heterocycles. The number of carbonyl (C=O) groups excluding carboxylic acids is 3. The smallest absolute Gasteiger partial charge is 0.186 e. The van der Waals surface area contributed by atoms with Gasteiger partial charge in [-0.05, 0) is 61.7 Å². The molecule has 0 aromatic rings. The Bertz CT molecular complexity index is 629. The van der Waals surface area contributed by atoms with E-state index in [9.17, 15) is 14.4 Å². The minimum absolute atomic E-state index is 0.0841. The highest BCUT2D eigenvalue weighted by molar-refractivity contribution is 8.14. The van der Waals surface area contributed by atoms with Crippen molar-refractivity contribution in [3.63, 3.8) is 0 Å². The molecule has 0 amide bonds. The molecule has 0 bridgehead atoms. The highest BCUT2D eigenvalue weighted by Crippen LogP contribution is 2.65. The van der Waals surface area contributed by atoms with Gasteiger partial charge in [-0.3, -0.25) is 14.4 Å². The van der Waals surface area contributed by atoms with Crippen LogP contribution < -0.4 is 0 Å². The molecule has 0 N–H and O–H groups in total. The number of thioether (sulfide) groups is 1. The molecule has 4 aliphatic carbocycles. The lowest BCUT2D eigenvalue weighted by atomic mass is 9.45. The Balaban J connectivity index is 1.60. The average Bonchev–Trinajstić information content (AvgIpc) is 2.84. The van der Waals surface area contributed by atoms with Gasteiger partial charge in [-0.1, -0.05) is 25.6 Å². The Labute approximate surface area is 155 Å².